The van der Waals surface area contributed by atoms with Gasteiger partial charge in [0.2, 0.25) is 0 Å². The van der Waals surface area contributed by atoms with Gasteiger partial charge in [0.15, 0.2) is 0 Å². The first-order valence-electron chi connectivity index (χ1n) is 3.24. The van der Waals surface area contributed by atoms with E-state index in [0.717, 1.165) is 14.7 Å². The van der Waals surface area contributed by atoms with Crippen LogP contribution in [-0.4, -0.2) is 4.98 Å². The van der Waals surface area contributed by atoms with Crippen LogP contribution in [0.2, 0.25) is 0 Å². The molecule has 0 aliphatic rings. The van der Waals surface area contributed by atoms with E-state index in [1.54, 1.807) is 5.51 Å². The molecule has 0 aliphatic heterocycles. The summed E-state index contributed by atoms with van der Waals surface area (Å²) in [5.74, 6) is 0. The fraction of sp³-hybridized carbons (Fsp3) is 0. The molecule has 0 saturated heterocycles. The van der Waals surface area contributed by atoms with Crippen molar-refractivity contribution in [1.82, 2.24) is 4.98 Å². The summed E-state index contributed by atoms with van der Waals surface area (Å²) in [7, 11) is 0. The number of nitriles is 1. The van der Waals surface area contributed by atoms with Gasteiger partial charge < -0.3 is 0 Å². The molecule has 1 heterocycles. The van der Waals surface area contributed by atoms with E-state index in [0.29, 0.717) is 5.56 Å². The first-order valence-corrected chi connectivity index (χ1v) is 4.92. The third-order valence-electron chi connectivity index (χ3n) is 1.56. The molecule has 2 nitrogen and oxygen atoms in total. The van der Waals surface area contributed by atoms with E-state index in [9.17, 15) is 0 Å². The largest absolute Gasteiger partial charge is 0.245 e. The normalized spacial score (nSPS) is 10.0. The molecule has 12 heavy (non-hydrogen) atoms. The summed E-state index contributed by atoms with van der Waals surface area (Å²) in [5, 5.41) is 8.83. The molecule has 0 fully saturated rings. The van der Waals surface area contributed by atoms with Crippen LogP contribution in [0, 0.1) is 11.3 Å². The molecule has 1 aromatic heterocycles. The van der Waals surface area contributed by atoms with Gasteiger partial charge in [0.05, 0.1) is 21.3 Å². The molecule has 4 heteroatoms. The van der Waals surface area contributed by atoms with Gasteiger partial charge in [-0.1, -0.05) is 0 Å². The lowest BCUT2D eigenvalue weighted by atomic mass is 10.2. The summed E-state index contributed by atoms with van der Waals surface area (Å²) >= 11 is 4.81. The minimum Gasteiger partial charge on any atom is -0.245 e. The van der Waals surface area contributed by atoms with Crippen molar-refractivity contribution in [2.45, 2.75) is 0 Å². The fourth-order valence-corrected chi connectivity index (χ4v) is 2.35. The summed E-state index contributed by atoms with van der Waals surface area (Å²) in [6.45, 7) is 0. The molecule has 0 aliphatic carbocycles. The molecule has 0 unspecified atom stereocenters. The van der Waals surface area contributed by atoms with Gasteiger partial charge in [-0.25, -0.2) is 4.98 Å². The van der Waals surface area contributed by atoms with Crippen LogP contribution in [0.4, 0.5) is 0 Å². The number of benzene rings is 1. The van der Waals surface area contributed by atoms with Gasteiger partial charge in [-0.3, -0.25) is 0 Å². The van der Waals surface area contributed by atoms with E-state index < -0.39 is 0 Å². The van der Waals surface area contributed by atoms with Gasteiger partial charge in [0.1, 0.15) is 6.07 Å². The molecule has 0 radical (unpaired) electrons. The number of hydrogen-bond donors (Lipinski definition) is 0. The second kappa shape index (κ2) is 2.85. The zero-order valence-electron chi connectivity index (χ0n) is 5.91. The van der Waals surface area contributed by atoms with E-state index in [4.69, 9.17) is 5.26 Å². The molecule has 0 atom stereocenters. The highest BCUT2D eigenvalue weighted by molar-refractivity contribution is 9.10. The highest BCUT2D eigenvalue weighted by Crippen LogP contribution is 2.27. The maximum Gasteiger partial charge on any atom is 0.102 e. The SMILES string of the molecule is N#Cc1c(Br)ccc2ncsc12. The zero-order valence-corrected chi connectivity index (χ0v) is 8.32. The lowest BCUT2D eigenvalue weighted by molar-refractivity contribution is 1.47. The van der Waals surface area contributed by atoms with E-state index >= 15 is 0 Å². The summed E-state index contributed by atoms with van der Waals surface area (Å²) in [6, 6.07) is 5.90. The van der Waals surface area contributed by atoms with Crippen LogP contribution in [0.1, 0.15) is 5.56 Å². The molecule has 0 bridgehead atoms. The van der Waals surface area contributed by atoms with Gasteiger partial charge in [-0.15, -0.1) is 11.3 Å². The molecule has 0 amide bonds. The lowest BCUT2D eigenvalue weighted by Crippen LogP contribution is -1.77. The van der Waals surface area contributed by atoms with Gasteiger partial charge in [0.25, 0.3) is 0 Å². The average molecular weight is 239 g/mol. The number of aromatic nitrogens is 1. The first kappa shape index (κ1) is 7.71. The second-order valence-corrected chi connectivity index (χ2v) is 3.94. The average Bonchev–Trinajstić information content (AvgIpc) is 2.52. The van der Waals surface area contributed by atoms with E-state index in [1.807, 2.05) is 12.1 Å². The van der Waals surface area contributed by atoms with Crippen LogP contribution in [0.25, 0.3) is 10.2 Å². The summed E-state index contributed by atoms with van der Waals surface area (Å²) in [5.41, 5.74) is 3.31. The predicted molar refractivity (Wildman–Crippen MR) is 52.0 cm³/mol. The molecular formula is C8H3BrN2S. The number of rotatable bonds is 0. The zero-order chi connectivity index (χ0) is 8.55. The van der Waals surface area contributed by atoms with Gasteiger partial charge >= 0.3 is 0 Å². The van der Waals surface area contributed by atoms with Gasteiger partial charge in [-0.05, 0) is 28.1 Å². The van der Waals surface area contributed by atoms with Crippen LogP contribution in [0.5, 0.6) is 0 Å². The molecule has 58 valence electrons. The second-order valence-electron chi connectivity index (χ2n) is 2.23. The number of fused-ring (bicyclic) bond motifs is 1. The number of nitrogens with zero attached hydrogens (tertiary/aromatic N) is 2. The van der Waals surface area contributed by atoms with E-state index in [1.165, 1.54) is 11.3 Å². The molecule has 1 aromatic carbocycles. The van der Waals surface area contributed by atoms with Crippen molar-refractivity contribution in [3.63, 3.8) is 0 Å². The van der Waals surface area contributed by atoms with Gasteiger partial charge in [-0.2, -0.15) is 5.26 Å². The standard InChI is InChI=1S/C8H3BrN2S/c9-6-1-2-7-8(5(6)3-10)12-4-11-7/h1-2,4H. The highest BCUT2D eigenvalue weighted by atomic mass is 79.9. The van der Waals surface area contributed by atoms with E-state index in [-0.39, 0.29) is 0 Å². The predicted octanol–water partition coefficient (Wildman–Crippen LogP) is 2.93. The van der Waals surface area contributed by atoms with Crippen LogP contribution in [0.3, 0.4) is 0 Å². The highest BCUT2D eigenvalue weighted by Gasteiger charge is 2.06. The molecule has 0 saturated carbocycles. The van der Waals surface area contributed by atoms with Crippen molar-refractivity contribution in [2.24, 2.45) is 0 Å². The van der Waals surface area contributed by atoms with Crippen molar-refractivity contribution in [2.75, 3.05) is 0 Å². The van der Waals surface area contributed by atoms with Crippen molar-refractivity contribution < 1.29 is 0 Å². The lowest BCUT2D eigenvalue weighted by Gasteiger charge is -1.93. The fourth-order valence-electron chi connectivity index (χ4n) is 1.01. The van der Waals surface area contributed by atoms with Crippen molar-refractivity contribution in [1.29, 1.82) is 5.26 Å². The Labute approximate surface area is 81.6 Å². The summed E-state index contributed by atoms with van der Waals surface area (Å²) in [6.07, 6.45) is 0. The summed E-state index contributed by atoms with van der Waals surface area (Å²) in [4.78, 5) is 4.12. The molecular weight excluding hydrogens is 236 g/mol. The number of thiazole rings is 1. The molecule has 0 spiro atoms. The Balaban J connectivity index is 2.94. The molecule has 2 rings (SSSR count). The Morgan fingerprint density at radius 2 is 2.33 bits per heavy atom. The van der Waals surface area contributed by atoms with Crippen LogP contribution < -0.4 is 0 Å². The van der Waals surface area contributed by atoms with Crippen LogP contribution in [0.15, 0.2) is 22.1 Å². The minimum atomic E-state index is 0.676. The Hall–Kier alpha value is -0.920. The Morgan fingerprint density at radius 1 is 1.50 bits per heavy atom. The third kappa shape index (κ3) is 1.02. The van der Waals surface area contributed by atoms with Crippen molar-refractivity contribution in [3.05, 3.63) is 27.7 Å². The van der Waals surface area contributed by atoms with Crippen molar-refractivity contribution >= 4 is 37.5 Å². The quantitative estimate of drug-likeness (QED) is 0.708. The topological polar surface area (TPSA) is 36.7 Å². The maximum absolute atomic E-state index is 8.83. The maximum atomic E-state index is 8.83. The summed E-state index contributed by atoms with van der Waals surface area (Å²) < 4.78 is 1.79. The number of halogens is 1. The van der Waals surface area contributed by atoms with Gasteiger partial charge in [0, 0.05) is 4.47 Å². The van der Waals surface area contributed by atoms with E-state index in [2.05, 4.69) is 27.0 Å². The third-order valence-corrected chi connectivity index (χ3v) is 3.08. The Morgan fingerprint density at radius 3 is 3.08 bits per heavy atom. The number of hydrogen-bond acceptors (Lipinski definition) is 3. The Kier molecular flexibility index (Phi) is 1.83. The minimum absolute atomic E-state index is 0.676. The van der Waals surface area contributed by atoms with Crippen LogP contribution in [-0.2, 0) is 0 Å². The van der Waals surface area contributed by atoms with Crippen LogP contribution >= 0.6 is 27.3 Å². The smallest absolute Gasteiger partial charge is 0.102 e. The van der Waals surface area contributed by atoms with Crippen molar-refractivity contribution in [3.8, 4) is 6.07 Å². The first-order chi connectivity index (χ1) is 5.83. The monoisotopic (exact) mass is 238 g/mol. The molecule has 2 aromatic rings. The molecule has 0 N–H and O–H groups in total. The Bertz CT molecular complexity index is 469.